The summed E-state index contributed by atoms with van der Waals surface area (Å²) in [7, 11) is 1.74. The molecule has 0 bridgehead atoms. The second-order valence-electron chi connectivity index (χ2n) is 5.86. The second kappa shape index (κ2) is 7.90. The lowest BCUT2D eigenvalue weighted by Gasteiger charge is -2.18. The number of halogens is 3. The van der Waals surface area contributed by atoms with Gasteiger partial charge in [-0.3, -0.25) is 4.79 Å². The third-order valence-corrected chi connectivity index (χ3v) is 3.99. The van der Waals surface area contributed by atoms with E-state index in [1.54, 1.807) is 30.1 Å². The molecule has 0 radical (unpaired) electrons. The molecular weight excluding hydrogens is 355 g/mol. The van der Waals surface area contributed by atoms with Gasteiger partial charge < -0.3 is 9.88 Å². The number of hydrogen-bond acceptors (Lipinski definition) is 2. The second-order valence-corrected chi connectivity index (χ2v) is 5.86. The number of hydrogen-bond donors (Lipinski definition) is 1. The van der Waals surface area contributed by atoms with Gasteiger partial charge in [0, 0.05) is 31.1 Å². The van der Waals surface area contributed by atoms with Crippen LogP contribution in [0.5, 0.6) is 0 Å². The van der Waals surface area contributed by atoms with E-state index in [9.17, 15) is 18.0 Å². The molecule has 1 atom stereocenters. The van der Waals surface area contributed by atoms with Crippen molar-refractivity contribution in [1.29, 1.82) is 0 Å². The van der Waals surface area contributed by atoms with Gasteiger partial charge in [-0.25, -0.2) is 18.2 Å². The van der Waals surface area contributed by atoms with Crippen molar-refractivity contribution >= 4 is 12.0 Å². The summed E-state index contributed by atoms with van der Waals surface area (Å²) in [6.45, 7) is 0. The average molecular weight is 371 g/mol. The van der Waals surface area contributed by atoms with Crippen LogP contribution in [0, 0.1) is 17.5 Å². The highest BCUT2D eigenvalue weighted by Crippen LogP contribution is 2.21. The molecule has 0 aliphatic rings. The Morgan fingerprint density at radius 2 is 1.85 bits per heavy atom. The number of benzene rings is 2. The largest absolute Gasteiger partial charge is 0.339 e. The van der Waals surface area contributed by atoms with E-state index >= 15 is 0 Å². The Balaban J connectivity index is 1.87. The Kier molecular flexibility index (Phi) is 5.40. The zero-order chi connectivity index (χ0) is 19.4. The maximum Gasteiger partial charge on any atom is 0.244 e. The SMILES string of the molecule is Cn1ccnc1[C@@H](NC(=O)/C=C/c1c(F)cccc1F)c1cccc(F)c1. The van der Waals surface area contributed by atoms with Gasteiger partial charge >= 0.3 is 0 Å². The average Bonchev–Trinajstić information content (AvgIpc) is 3.05. The highest BCUT2D eigenvalue weighted by Gasteiger charge is 2.20. The number of amides is 1. The topological polar surface area (TPSA) is 46.9 Å². The Morgan fingerprint density at radius 1 is 1.15 bits per heavy atom. The van der Waals surface area contributed by atoms with Gasteiger partial charge in [-0.05, 0) is 35.9 Å². The molecule has 3 aromatic rings. The number of nitrogens with one attached hydrogen (secondary N) is 1. The smallest absolute Gasteiger partial charge is 0.244 e. The summed E-state index contributed by atoms with van der Waals surface area (Å²) in [6.07, 6.45) is 5.33. The molecule has 3 rings (SSSR count). The van der Waals surface area contributed by atoms with Crippen LogP contribution >= 0.6 is 0 Å². The number of nitrogens with zero attached hydrogens (tertiary/aromatic N) is 2. The molecule has 1 amide bonds. The van der Waals surface area contributed by atoms with E-state index in [0.29, 0.717) is 11.4 Å². The van der Waals surface area contributed by atoms with Crippen LogP contribution in [0.4, 0.5) is 13.2 Å². The van der Waals surface area contributed by atoms with Gasteiger partial charge in [-0.1, -0.05) is 18.2 Å². The molecule has 0 fully saturated rings. The number of imidazole rings is 1. The van der Waals surface area contributed by atoms with Gasteiger partial charge in [0.05, 0.1) is 0 Å². The van der Waals surface area contributed by atoms with Crippen molar-refractivity contribution < 1.29 is 18.0 Å². The molecule has 7 heteroatoms. The quantitative estimate of drug-likeness (QED) is 0.695. The standard InChI is InChI=1S/C20H16F3N3O/c1-26-11-10-24-20(26)19(13-4-2-5-14(21)12-13)25-18(27)9-8-15-16(22)6-3-7-17(15)23/h2-12,19H,1H3,(H,25,27)/b9-8+/t19-/m0/s1. The van der Waals surface area contributed by atoms with Crippen LogP contribution in [0.3, 0.4) is 0 Å². The minimum Gasteiger partial charge on any atom is -0.339 e. The molecule has 2 aromatic carbocycles. The molecule has 1 aromatic heterocycles. The highest BCUT2D eigenvalue weighted by atomic mass is 19.1. The first-order chi connectivity index (χ1) is 13.0. The molecular formula is C20H16F3N3O. The molecule has 0 aliphatic heterocycles. The van der Waals surface area contributed by atoms with Crippen LogP contribution in [-0.4, -0.2) is 15.5 Å². The monoisotopic (exact) mass is 371 g/mol. The third-order valence-electron chi connectivity index (χ3n) is 3.99. The maximum atomic E-state index is 13.7. The summed E-state index contributed by atoms with van der Waals surface area (Å²) in [5.41, 5.74) is 0.176. The molecule has 0 spiro atoms. The van der Waals surface area contributed by atoms with Gasteiger partial charge in [0.1, 0.15) is 29.3 Å². The lowest BCUT2D eigenvalue weighted by molar-refractivity contribution is -0.117. The fourth-order valence-corrected chi connectivity index (χ4v) is 2.66. The van der Waals surface area contributed by atoms with E-state index in [0.717, 1.165) is 24.3 Å². The Morgan fingerprint density at radius 3 is 2.48 bits per heavy atom. The number of carbonyl (C=O) groups excluding carboxylic acids is 1. The summed E-state index contributed by atoms with van der Waals surface area (Å²) < 4.78 is 42.7. The van der Waals surface area contributed by atoms with E-state index in [-0.39, 0.29) is 5.56 Å². The fraction of sp³-hybridized carbons (Fsp3) is 0.100. The van der Waals surface area contributed by atoms with Gasteiger partial charge in [0.15, 0.2) is 0 Å². The Bertz CT molecular complexity index is 977. The van der Waals surface area contributed by atoms with Crippen LogP contribution in [-0.2, 0) is 11.8 Å². The number of carbonyl (C=O) groups is 1. The first-order valence-corrected chi connectivity index (χ1v) is 8.11. The Labute approximate surface area is 154 Å². The summed E-state index contributed by atoms with van der Waals surface area (Å²) in [5, 5.41) is 2.69. The first kappa shape index (κ1) is 18.4. The van der Waals surface area contributed by atoms with Gasteiger partial charge in [-0.15, -0.1) is 0 Å². The molecule has 4 nitrogen and oxygen atoms in total. The van der Waals surface area contributed by atoms with Crippen LogP contribution in [0.15, 0.2) is 60.9 Å². The van der Waals surface area contributed by atoms with Crippen molar-refractivity contribution in [2.24, 2.45) is 7.05 Å². The molecule has 138 valence electrons. The summed E-state index contributed by atoms with van der Waals surface area (Å²) in [6, 6.07) is 8.47. The highest BCUT2D eigenvalue weighted by molar-refractivity contribution is 5.92. The first-order valence-electron chi connectivity index (χ1n) is 8.11. The van der Waals surface area contributed by atoms with Crippen molar-refractivity contribution in [2.45, 2.75) is 6.04 Å². The predicted octanol–water partition coefficient (Wildman–Crippen LogP) is 3.76. The molecule has 0 aliphatic carbocycles. The number of aromatic nitrogens is 2. The van der Waals surface area contributed by atoms with E-state index in [1.807, 2.05) is 0 Å². The summed E-state index contributed by atoms with van der Waals surface area (Å²) in [5.74, 6) is -2.12. The van der Waals surface area contributed by atoms with Crippen LogP contribution in [0.25, 0.3) is 6.08 Å². The number of aryl methyl sites for hydroxylation is 1. The molecule has 0 saturated heterocycles. The van der Waals surface area contributed by atoms with Crippen molar-refractivity contribution in [2.75, 3.05) is 0 Å². The van der Waals surface area contributed by atoms with Crippen LogP contribution in [0.1, 0.15) is 23.0 Å². The Hall–Kier alpha value is -3.35. The van der Waals surface area contributed by atoms with Crippen molar-refractivity contribution in [3.8, 4) is 0 Å². The van der Waals surface area contributed by atoms with Gasteiger partial charge in [-0.2, -0.15) is 0 Å². The molecule has 0 saturated carbocycles. The molecule has 1 N–H and O–H groups in total. The van der Waals surface area contributed by atoms with E-state index in [4.69, 9.17) is 0 Å². The zero-order valence-electron chi connectivity index (χ0n) is 14.4. The lowest BCUT2D eigenvalue weighted by atomic mass is 10.1. The minimum atomic E-state index is -0.773. The van der Waals surface area contributed by atoms with Crippen molar-refractivity contribution in [1.82, 2.24) is 14.9 Å². The minimum absolute atomic E-state index is 0.313. The lowest BCUT2D eigenvalue weighted by Crippen LogP contribution is -2.29. The fourth-order valence-electron chi connectivity index (χ4n) is 2.66. The number of rotatable bonds is 5. The summed E-state index contributed by atoms with van der Waals surface area (Å²) >= 11 is 0. The van der Waals surface area contributed by atoms with Crippen LogP contribution < -0.4 is 5.32 Å². The van der Waals surface area contributed by atoms with Crippen molar-refractivity contribution in [3.63, 3.8) is 0 Å². The van der Waals surface area contributed by atoms with E-state index < -0.39 is 29.4 Å². The molecule has 0 unspecified atom stereocenters. The maximum absolute atomic E-state index is 13.7. The predicted molar refractivity (Wildman–Crippen MR) is 95.0 cm³/mol. The van der Waals surface area contributed by atoms with Gasteiger partial charge in [0.2, 0.25) is 5.91 Å². The van der Waals surface area contributed by atoms with E-state index in [2.05, 4.69) is 10.3 Å². The van der Waals surface area contributed by atoms with E-state index in [1.165, 1.54) is 24.3 Å². The summed E-state index contributed by atoms with van der Waals surface area (Å²) in [4.78, 5) is 16.5. The normalized spacial score (nSPS) is 12.3. The van der Waals surface area contributed by atoms with Gasteiger partial charge in [0.25, 0.3) is 0 Å². The molecule has 27 heavy (non-hydrogen) atoms. The van der Waals surface area contributed by atoms with Crippen molar-refractivity contribution in [3.05, 3.63) is 95.3 Å². The van der Waals surface area contributed by atoms with Crippen LogP contribution in [0.2, 0.25) is 0 Å². The zero-order valence-corrected chi connectivity index (χ0v) is 14.4. The third kappa shape index (κ3) is 4.25. The molecule has 1 heterocycles.